The van der Waals surface area contributed by atoms with E-state index in [9.17, 15) is 38.4 Å². The zero-order valence-corrected chi connectivity index (χ0v) is 70.9. The number of primary amides is 8. The van der Waals surface area contributed by atoms with E-state index in [1.54, 1.807) is 0 Å². The number of amides is 8. The lowest BCUT2D eigenvalue weighted by Crippen LogP contribution is -2.18. The maximum atomic E-state index is 10.4. The van der Waals surface area contributed by atoms with Gasteiger partial charge in [0.15, 0.2) is 0 Å². The zero-order chi connectivity index (χ0) is 79.0. The standard InChI is InChI=1S/8C10H21NO.C5H11OSi/c8*1-2-3-4-5-6-7-8-9-10(11)12;1-7-5-3-2-4-6-7/h8*2-9H2,1H3,(H2,11,12);2-5H2,1H3. The molecule has 0 unspecified atom stereocenters. The SMILES string of the molecule is CCCCCCCCCC(N)=O.CCCCCCCCCC(N)=O.CCCCCCCCCC(N)=O.CCCCCCCCCC(N)=O.CCCCCCCCCC(N)=O.CCCCCCCCCC(N)=O.CCCCCCCCCC(N)=O.CCCCCCCCCC(N)=O.C[Si]1CCCCO1. The third-order valence-corrected chi connectivity index (χ3v) is 19.2. The van der Waals surface area contributed by atoms with Gasteiger partial charge in [-0.3, -0.25) is 38.4 Å². The van der Waals surface area contributed by atoms with Gasteiger partial charge in [0.2, 0.25) is 56.3 Å². The van der Waals surface area contributed by atoms with Crippen molar-refractivity contribution in [3.63, 3.8) is 0 Å². The van der Waals surface area contributed by atoms with Crippen molar-refractivity contribution in [3.05, 3.63) is 0 Å². The van der Waals surface area contributed by atoms with Crippen LogP contribution in [-0.4, -0.2) is 62.9 Å². The van der Waals surface area contributed by atoms with Gasteiger partial charge in [-0.25, -0.2) is 0 Å². The minimum atomic E-state index is -0.293. The molecule has 0 aromatic rings. The first-order chi connectivity index (χ1) is 49.6. The molecule has 0 atom stereocenters. The molecule has 1 heterocycles. The van der Waals surface area contributed by atoms with Gasteiger partial charge in [0.05, 0.1) is 0 Å². The zero-order valence-electron chi connectivity index (χ0n) is 69.9. The summed E-state index contributed by atoms with van der Waals surface area (Å²) in [4.78, 5) is 82.9. The second-order valence-corrected chi connectivity index (χ2v) is 30.9. The van der Waals surface area contributed by atoms with E-state index < -0.39 is 0 Å². The fraction of sp³-hybridized carbons (Fsp3) is 0.906. The number of hydrogen-bond acceptors (Lipinski definition) is 9. The lowest BCUT2D eigenvalue weighted by atomic mass is 10.1. The molecule has 1 aliphatic rings. The maximum Gasteiger partial charge on any atom is 0.217 e. The third-order valence-electron chi connectivity index (χ3n) is 17.5. The predicted molar refractivity (Wildman–Crippen MR) is 446 cm³/mol. The largest absolute Gasteiger partial charge is 0.417 e. The summed E-state index contributed by atoms with van der Waals surface area (Å²) in [5.74, 6) is -1.31. The van der Waals surface area contributed by atoms with Gasteiger partial charge in [-0.05, 0) is 70.4 Å². The van der Waals surface area contributed by atoms with Crippen LogP contribution >= 0.6 is 0 Å². The Morgan fingerprint density at radius 1 is 0.204 bits per heavy atom. The average molecular weight is 1490 g/mol. The molecule has 1 radical (unpaired) electrons. The van der Waals surface area contributed by atoms with Crippen molar-refractivity contribution < 1.29 is 42.8 Å². The van der Waals surface area contributed by atoms with Gasteiger partial charge in [0.1, 0.15) is 0 Å². The summed E-state index contributed by atoms with van der Waals surface area (Å²) >= 11 is 0. The quantitative estimate of drug-likeness (QED) is 0.0212. The van der Waals surface area contributed by atoms with Gasteiger partial charge < -0.3 is 50.3 Å². The first-order valence-electron chi connectivity index (χ1n) is 43.3. The Bertz CT molecular complexity index is 1380. The second-order valence-electron chi connectivity index (χ2n) is 28.7. The van der Waals surface area contributed by atoms with Crippen molar-refractivity contribution in [1.29, 1.82) is 0 Å². The van der Waals surface area contributed by atoms with Crippen LogP contribution in [0.15, 0.2) is 0 Å². The number of unbranched alkanes of at least 4 members (excludes halogenated alkanes) is 48. The van der Waals surface area contributed by atoms with E-state index in [1.165, 1.54) is 276 Å². The molecule has 617 valence electrons. The first-order valence-corrected chi connectivity index (χ1v) is 45.4. The molecule has 0 aromatic heterocycles. The highest BCUT2D eigenvalue weighted by atomic mass is 28.3. The van der Waals surface area contributed by atoms with E-state index >= 15 is 0 Å². The van der Waals surface area contributed by atoms with Crippen molar-refractivity contribution in [1.82, 2.24) is 0 Å². The summed E-state index contributed by atoms with van der Waals surface area (Å²) in [6.45, 7) is 21.0. The van der Waals surface area contributed by atoms with Crippen LogP contribution in [0.4, 0.5) is 0 Å². The van der Waals surface area contributed by atoms with Crippen LogP contribution in [0.1, 0.15) is 479 Å². The van der Waals surface area contributed by atoms with Gasteiger partial charge in [0.25, 0.3) is 0 Å². The fourth-order valence-electron chi connectivity index (χ4n) is 10.8. The van der Waals surface area contributed by atoms with E-state index in [2.05, 4.69) is 61.9 Å². The third kappa shape index (κ3) is 156. The van der Waals surface area contributed by atoms with Gasteiger partial charge in [-0.15, -0.1) is 0 Å². The molecule has 0 spiro atoms. The molecular weight excluding hydrogens is 1310 g/mol. The molecule has 17 nitrogen and oxygen atoms in total. The highest BCUT2D eigenvalue weighted by Gasteiger charge is 2.09. The number of rotatable bonds is 64. The topological polar surface area (TPSA) is 354 Å². The second kappa shape index (κ2) is 109. The van der Waals surface area contributed by atoms with Crippen LogP contribution in [0.3, 0.4) is 0 Å². The van der Waals surface area contributed by atoms with Crippen molar-refractivity contribution in [2.45, 2.75) is 492 Å². The summed E-state index contributed by atoms with van der Waals surface area (Å²) in [6.07, 6.45) is 76.6. The van der Waals surface area contributed by atoms with Gasteiger partial charge in [-0.2, -0.15) is 0 Å². The van der Waals surface area contributed by atoms with Crippen LogP contribution in [0, 0.1) is 0 Å². The van der Waals surface area contributed by atoms with Gasteiger partial charge in [-0.1, -0.05) is 370 Å². The van der Waals surface area contributed by atoms with E-state index in [-0.39, 0.29) is 56.3 Å². The number of hydrogen-bond donors (Lipinski definition) is 8. The Kier molecular flexibility index (Phi) is 121. The van der Waals surface area contributed by atoms with Crippen LogP contribution in [0.5, 0.6) is 0 Å². The number of carbonyl (C=O) groups excluding carboxylic acids is 8. The summed E-state index contributed by atoms with van der Waals surface area (Å²) in [7, 11) is -0.293. The molecular formula is C85H179N8O9Si. The van der Waals surface area contributed by atoms with Crippen molar-refractivity contribution in [2.75, 3.05) is 6.61 Å². The molecule has 1 saturated heterocycles. The molecule has 8 amide bonds. The molecule has 1 aliphatic heterocycles. The van der Waals surface area contributed by atoms with Crippen LogP contribution in [0.2, 0.25) is 12.6 Å². The normalized spacial score (nSPS) is 11.1. The molecule has 103 heavy (non-hydrogen) atoms. The van der Waals surface area contributed by atoms with Crippen molar-refractivity contribution in [3.8, 4) is 0 Å². The number of nitrogens with two attached hydrogens (primary N) is 8. The highest BCUT2D eigenvalue weighted by Crippen LogP contribution is 2.15. The number of carbonyl (C=O) groups is 8. The van der Waals surface area contributed by atoms with Crippen LogP contribution in [-0.2, 0) is 42.8 Å². The van der Waals surface area contributed by atoms with Gasteiger partial charge in [0, 0.05) is 58.0 Å². The van der Waals surface area contributed by atoms with Gasteiger partial charge >= 0.3 is 0 Å². The Hall–Kier alpha value is -4.06. The first kappa shape index (κ1) is 115. The summed E-state index contributed by atoms with van der Waals surface area (Å²) in [6, 6.07) is 1.37. The molecule has 0 bridgehead atoms. The minimum absolute atomic E-state index is 0.163. The summed E-state index contributed by atoms with van der Waals surface area (Å²) < 4.78 is 5.38. The molecule has 18 heteroatoms. The van der Waals surface area contributed by atoms with E-state index in [0.29, 0.717) is 51.4 Å². The predicted octanol–water partition coefficient (Wildman–Crippen LogP) is 22.3. The molecule has 0 saturated carbocycles. The molecule has 1 fully saturated rings. The molecule has 1 rings (SSSR count). The highest BCUT2D eigenvalue weighted by molar-refractivity contribution is 6.50. The molecule has 16 N–H and O–H groups in total. The maximum absolute atomic E-state index is 10.4. The summed E-state index contributed by atoms with van der Waals surface area (Å²) in [5, 5.41) is 0. The van der Waals surface area contributed by atoms with Crippen molar-refractivity contribution in [2.24, 2.45) is 45.9 Å². The van der Waals surface area contributed by atoms with E-state index in [1.807, 2.05) is 0 Å². The van der Waals surface area contributed by atoms with E-state index in [4.69, 9.17) is 50.3 Å². The van der Waals surface area contributed by atoms with Crippen molar-refractivity contribution >= 4 is 56.3 Å². The summed E-state index contributed by atoms with van der Waals surface area (Å²) in [5.41, 5.74) is 40.1. The Labute approximate surface area is 640 Å². The average Bonchev–Trinajstić information content (AvgIpc) is 1.50. The Balaban J connectivity index is -0.000000165. The van der Waals surface area contributed by atoms with Crippen LogP contribution < -0.4 is 45.9 Å². The molecule has 0 aromatic carbocycles. The lowest BCUT2D eigenvalue weighted by molar-refractivity contribution is -0.119. The monoisotopic (exact) mass is 1480 g/mol. The van der Waals surface area contributed by atoms with Crippen LogP contribution in [0.25, 0.3) is 0 Å². The lowest BCUT2D eigenvalue weighted by Gasteiger charge is -2.15. The Morgan fingerprint density at radius 3 is 0.398 bits per heavy atom. The molecule has 0 aliphatic carbocycles. The smallest absolute Gasteiger partial charge is 0.217 e. The minimum Gasteiger partial charge on any atom is -0.417 e. The van der Waals surface area contributed by atoms with E-state index in [0.717, 1.165) is 109 Å². The fourth-order valence-corrected chi connectivity index (χ4v) is 12.2. The Morgan fingerprint density at radius 2 is 0.320 bits per heavy atom.